The number of phenols is 5. The number of ether oxygens (including phenoxy) is 1. The predicted molar refractivity (Wildman–Crippen MR) is 141 cm³/mol. The molecule has 5 N–H and O–H groups in total. The summed E-state index contributed by atoms with van der Waals surface area (Å²) in [6.07, 6.45) is 0. The molecule has 4 aromatic carbocycles. The third-order valence-electron chi connectivity index (χ3n) is 7.15. The lowest BCUT2D eigenvalue weighted by Crippen LogP contribution is -2.31. The van der Waals surface area contributed by atoms with Gasteiger partial charge in [-0.2, -0.15) is 0 Å². The van der Waals surface area contributed by atoms with Gasteiger partial charge in [-0.1, -0.05) is 37.0 Å². The maximum Gasteiger partial charge on any atom is 0.201 e. The second-order valence-electron chi connectivity index (χ2n) is 9.59. The SMILES string of the molecule is COc1cc2c(c(O)c1Cl)C(=O)c1c(cc3cc(O)cc(-c4c(O)cc(O)c(Cl)c4C)c3c1O)C2(C)C. The molecule has 7 nitrogen and oxygen atoms in total. The fraction of sp³-hybridized carbons (Fsp3) is 0.179. The van der Waals surface area contributed by atoms with Gasteiger partial charge in [0.05, 0.1) is 23.3 Å². The second kappa shape index (κ2) is 8.10. The Morgan fingerprint density at radius 3 is 2.05 bits per heavy atom. The number of aromatic hydroxyl groups is 5. The standard InChI is InChI=1S/C28H22Cl2O7/c1-10-19(16(32)9-17(33)23(10)29)13-7-12(31)5-11-6-14-21(25(34)20(11)13)26(35)22-15(28(14,2)3)8-18(37-4)24(30)27(22)36/h5-9,31-34,36H,1-4H3. The van der Waals surface area contributed by atoms with Crippen LogP contribution >= 0.6 is 23.2 Å². The lowest BCUT2D eigenvalue weighted by molar-refractivity contribution is 0.102. The zero-order valence-electron chi connectivity index (χ0n) is 20.2. The molecule has 0 unspecified atom stereocenters. The van der Waals surface area contributed by atoms with E-state index in [9.17, 15) is 30.3 Å². The van der Waals surface area contributed by atoms with Crippen LogP contribution in [0.3, 0.4) is 0 Å². The molecule has 4 aromatic rings. The minimum absolute atomic E-state index is 0.0126. The molecule has 1 aliphatic carbocycles. The third kappa shape index (κ3) is 3.31. The van der Waals surface area contributed by atoms with Crippen molar-refractivity contribution in [3.05, 3.63) is 68.2 Å². The Hall–Kier alpha value is -3.81. The van der Waals surface area contributed by atoms with E-state index in [1.54, 1.807) is 19.1 Å². The first-order chi connectivity index (χ1) is 17.3. The highest BCUT2D eigenvalue weighted by molar-refractivity contribution is 6.35. The Kier molecular flexibility index (Phi) is 5.44. The summed E-state index contributed by atoms with van der Waals surface area (Å²) in [5, 5.41) is 54.2. The summed E-state index contributed by atoms with van der Waals surface area (Å²) in [7, 11) is 1.40. The van der Waals surface area contributed by atoms with Crippen LogP contribution in [0.25, 0.3) is 21.9 Å². The van der Waals surface area contributed by atoms with Crippen molar-refractivity contribution >= 4 is 39.8 Å². The largest absolute Gasteiger partial charge is 0.508 e. The van der Waals surface area contributed by atoms with Crippen molar-refractivity contribution in [3.8, 4) is 45.6 Å². The maximum absolute atomic E-state index is 13.8. The minimum Gasteiger partial charge on any atom is -0.508 e. The van der Waals surface area contributed by atoms with Crippen molar-refractivity contribution in [1.82, 2.24) is 0 Å². The second-order valence-corrected chi connectivity index (χ2v) is 10.3. The van der Waals surface area contributed by atoms with E-state index in [0.29, 0.717) is 22.1 Å². The van der Waals surface area contributed by atoms with Crippen LogP contribution in [0, 0.1) is 6.92 Å². The van der Waals surface area contributed by atoms with Crippen molar-refractivity contribution in [3.63, 3.8) is 0 Å². The van der Waals surface area contributed by atoms with E-state index in [0.717, 1.165) is 6.07 Å². The van der Waals surface area contributed by atoms with Gasteiger partial charge in [0.15, 0.2) is 0 Å². The number of methoxy groups -OCH3 is 1. The highest BCUT2D eigenvalue weighted by Crippen LogP contribution is 2.54. The van der Waals surface area contributed by atoms with Crippen LogP contribution in [0.1, 0.15) is 46.5 Å². The predicted octanol–water partition coefficient (Wildman–Crippen LogP) is 6.53. The minimum atomic E-state index is -0.898. The van der Waals surface area contributed by atoms with Gasteiger partial charge in [0.2, 0.25) is 5.78 Å². The van der Waals surface area contributed by atoms with E-state index in [1.165, 1.54) is 19.2 Å². The van der Waals surface area contributed by atoms with Crippen molar-refractivity contribution in [2.75, 3.05) is 7.11 Å². The fourth-order valence-electron chi connectivity index (χ4n) is 5.29. The van der Waals surface area contributed by atoms with Crippen LogP contribution in [0.5, 0.6) is 34.5 Å². The summed E-state index contributed by atoms with van der Waals surface area (Å²) in [4.78, 5) is 13.8. The summed E-state index contributed by atoms with van der Waals surface area (Å²) in [5.41, 5.74) is 0.586. The number of hydrogen-bond acceptors (Lipinski definition) is 7. The van der Waals surface area contributed by atoms with Crippen LogP contribution in [0.15, 0.2) is 30.3 Å². The number of fused-ring (bicyclic) bond motifs is 3. The molecule has 0 aliphatic heterocycles. The Bertz CT molecular complexity index is 1690. The number of carbonyl (C=O) groups excluding carboxylic acids is 1. The zero-order chi connectivity index (χ0) is 27.1. The van der Waals surface area contributed by atoms with E-state index in [2.05, 4.69) is 0 Å². The summed E-state index contributed by atoms with van der Waals surface area (Å²) >= 11 is 12.5. The molecule has 0 fully saturated rings. The average Bonchev–Trinajstić information content (AvgIpc) is 2.82. The van der Waals surface area contributed by atoms with Crippen LogP contribution in [0.2, 0.25) is 10.0 Å². The molecule has 0 amide bonds. The molecule has 5 rings (SSSR count). The number of rotatable bonds is 2. The Labute approximate surface area is 221 Å². The number of ketones is 1. The summed E-state index contributed by atoms with van der Waals surface area (Å²) < 4.78 is 5.29. The monoisotopic (exact) mass is 540 g/mol. The van der Waals surface area contributed by atoms with Crippen LogP contribution < -0.4 is 4.74 Å². The third-order valence-corrected chi connectivity index (χ3v) is 7.99. The van der Waals surface area contributed by atoms with E-state index in [4.69, 9.17) is 27.9 Å². The summed E-state index contributed by atoms with van der Waals surface area (Å²) in [6, 6.07) is 7.10. The van der Waals surface area contributed by atoms with Crippen molar-refractivity contribution in [2.24, 2.45) is 0 Å². The highest BCUT2D eigenvalue weighted by atomic mass is 35.5. The van der Waals surface area contributed by atoms with Gasteiger partial charge in [-0.15, -0.1) is 0 Å². The first kappa shape index (κ1) is 24.9. The first-order valence-corrected chi connectivity index (χ1v) is 12.0. The number of halogens is 2. The molecule has 0 bridgehead atoms. The molecule has 0 spiro atoms. The van der Waals surface area contributed by atoms with Gasteiger partial charge in [0.1, 0.15) is 39.5 Å². The van der Waals surface area contributed by atoms with Crippen LogP contribution in [0.4, 0.5) is 0 Å². The molecule has 0 radical (unpaired) electrons. The molecule has 1 aliphatic rings. The number of phenolic OH excluding ortho intramolecular Hbond substituents is 5. The number of benzene rings is 4. The van der Waals surface area contributed by atoms with Gasteiger partial charge in [-0.25, -0.2) is 0 Å². The molecule has 0 saturated heterocycles. The Balaban J connectivity index is 1.93. The quantitative estimate of drug-likeness (QED) is 0.195. The van der Waals surface area contributed by atoms with E-state index >= 15 is 0 Å². The Morgan fingerprint density at radius 1 is 0.784 bits per heavy atom. The molecule has 37 heavy (non-hydrogen) atoms. The van der Waals surface area contributed by atoms with E-state index in [-0.39, 0.29) is 60.7 Å². The van der Waals surface area contributed by atoms with Gasteiger partial charge in [-0.05, 0) is 53.3 Å². The lowest BCUT2D eigenvalue weighted by Gasteiger charge is -2.36. The maximum atomic E-state index is 13.8. The van der Waals surface area contributed by atoms with Gasteiger partial charge in [0.25, 0.3) is 0 Å². The number of carbonyl (C=O) groups is 1. The molecular formula is C28H22Cl2O7. The van der Waals surface area contributed by atoms with Crippen LogP contribution in [-0.2, 0) is 5.41 Å². The van der Waals surface area contributed by atoms with Gasteiger partial charge >= 0.3 is 0 Å². The van der Waals surface area contributed by atoms with Gasteiger partial charge in [-0.3, -0.25) is 4.79 Å². The van der Waals surface area contributed by atoms with Crippen molar-refractivity contribution in [1.29, 1.82) is 0 Å². The van der Waals surface area contributed by atoms with Gasteiger partial charge < -0.3 is 30.3 Å². The van der Waals surface area contributed by atoms with E-state index < -0.39 is 22.7 Å². The Morgan fingerprint density at radius 2 is 1.41 bits per heavy atom. The number of hydrogen-bond donors (Lipinski definition) is 5. The zero-order valence-corrected chi connectivity index (χ0v) is 21.7. The first-order valence-electron chi connectivity index (χ1n) is 11.2. The van der Waals surface area contributed by atoms with Crippen LogP contribution in [-0.4, -0.2) is 38.4 Å². The van der Waals surface area contributed by atoms with E-state index in [1.807, 2.05) is 13.8 Å². The fourth-order valence-corrected chi connectivity index (χ4v) is 5.66. The van der Waals surface area contributed by atoms with Gasteiger partial charge in [0, 0.05) is 28.0 Å². The topological polar surface area (TPSA) is 127 Å². The molecule has 0 aromatic heterocycles. The molecule has 190 valence electrons. The average molecular weight is 541 g/mol. The molecular weight excluding hydrogens is 519 g/mol. The lowest BCUT2D eigenvalue weighted by atomic mass is 9.67. The normalized spacial score (nSPS) is 13.9. The molecule has 0 saturated carbocycles. The smallest absolute Gasteiger partial charge is 0.201 e. The summed E-state index contributed by atoms with van der Waals surface area (Å²) in [5.74, 6) is -2.13. The molecule has 0 heterocycles. The van der Waals surface area contributed by atoms with Crippen molar-refractivity contribution < 1.29 is 35.1 Å². The summed E-state index contributed by atoms with van der Waals surface area (Å²) in [6.45, 7) is 5.23. The van der Waals surface area contributed by atoms with Crippen molar-refractivity contribution in [2.45, 2.75) is 26.2 Å². The molecule has 0 atom stereocenters. The highest BCUT2D eigenvalue weighted by Gasteiger charge is 2.42. The molecule has 9 heteroatoms.